The molecule has 0 unspecified atom stereocenters. The van der Waals surface area contributed by atoms with Gasteiger partial charge in [0, 0.05) is 6.08 Å². The van der Waals surface area contributed by atoms with E-state index in [1.807, 2.05) is 0 Å². The highest BCUT2D eigenvalue weighted by atomic mass is 16.5. The summed E-state index contributed by atoms with van der Waals surface area (Å²) in [7, 11) is 0. The fraction of sp³-hybridized carbons (Fsp3) is 0.500. The van der Waals surface area contributed by atoms with E-state index in [0.29, 0.717) is 6.61 Å². The Bertz CT molecular complexity index is 811. The van der Waals surface area contributed by atoms with Crippen molar-refractivity contribution in [1.29, 1.82) is 0 Å². The summed E-state index contributed by atoms with van der Waals surface area (Å²) in [6.45, 7) is 6.21. The molecule has 2 nitrogen and oxygen atoms in total. The molecule has 2 aromatic carbocycles. The maximum Gasteiger partial charge on any atom is 0.330 e. The lowest BCUT2D eigenvalue weighted by molar-refractivity contribution is -0.137. The van der Waals surface area contributed by atoms with E-state index in [4.69, 9.17) is 4.74 Å². The normalized spacial score (nSPS) is 18.3. The summed E-state index contributed by atoms with van der Waals surface area (Å²) in [5, 5.41) is 0. The van der Waals surface area contributed by atoms with Crippen molar-refractivity contribution in [3.05, 3.63) is 72.3 Å². The third-order valence-corrected chi connectivity index (χ3v) is 6.98. The van der Waals surface area contributed by atoms with Gasteiger partial charge in [0.2, 0.25) is 0 Å². The summed E-state index contributed by atoms with van der Waals surface area (Å²) in [4.78, 5) is 11.0. The summed E-state index contributed by atoms with van der Waals surface area (Å²) in [6, 6.07) is 18.4. The van der Waals surface area contributed by atoms with Crippen molar-refractivity contribution in [2.75, 3.05) is 6.61 Å². The molecule has 0 amide bonds. The number of carbonyl (C=O) groups is 1. The van der Waals surface area contributed by atoms with Crippen LogP contribution in [0.2, 0.25) is 0 Å². The fourth-order valence-electron chi connectivity index (χ4n) is 5.02. The van der Waals surface area contributed by atoms with Crippen LogP contribution in [0.3, 0.4) is 0 Å². The van der Waals surface area contributed by atoms with Gasteiger partial charge in [-0.2, -0.15) is 0 Å². The Hall–Kier alpha value is -2.35. The van der Waals surface area contributed by atoms with Crippen LogP contribution >= 0.6 is 0 Å². The van der Waals surface area contributed by atoms with E-state index in [-0.39, 0.29) is 5.97 Å². The smallest absolute Gasteiger partial charge is 0.330 e. The first-order valence-electron chi connectivity index (χ1n) is 12.7. The zero-order valence-electron chi connectivity index (χ0n) is 19.9. The Morgan fingerprint density at radius 2 is 1.53 bits per heavy atom. The third kappa shape index (κ3) is 7.65. The molecule has 0 aromatic heterocycles. The van der Waals surface area contributed by atoms with Gasteiger partial charge in [0.05, 0.1) is 6.61 Å². The molecular weight excluding hydrogens is 392 g/mol. The van der Waals surface area contributed by atoms with Gasteiger partial charge in [-0.3, -0.25) is 0 Å². The molecule has 172 valence electrons. The second-order valence-corrected chi connectivity index (χ2v) is 9.36. The Labute approximate surface area is 195 Å². The van der Waals surface area contributed by atoms with Crippen molar-refractivity contribution in [3.63, 3.8) is 0 Å². The average Bonchev–Trinajstić information content (AvgIpc) is 2.84. The SMILES string of the molecule is C=CC(=O)OCCCCCCc1ccc(-c2ccc(C3CCC(CCC)CC3)cc2)cc1. The van der Waals surface area contributed by atoms with E-state index in [0.717, 1.165) is 37.5 Å². The molecule has 0 heterocycles. The molecule has 3 rings (SSSR count). The highest BCUT2D eigenvalue weighted by Gasteiger charge is 2.21. The number of ether oxygens (including phenoxy) is 1. The van der Waals surface area contributed by atoms with Gasteiger partial charge in [-0.05, 0) is 79.0 Å². The number of hydrogen-bond donors (Lipinski definition) is 0. The monoisotopic (exact) mass is 432 g/mol. The molecule has 0 saturated heterocycles. The van der Waals surface area contributed by atoms with Crippen LogP contribution in [-0.4, -0.2) is 12.6 Å². The number of unbranched alkanes of at least 4 members (excludes halogenated alkanes) is 3. The minimum atomic E-state index is -0.325. The molecule has 0 aliphatic heterocycles. The number of esters is 1. The fourth-order valence-corrected chi connectivity index (χ4v) is 5.02. The van der Waals surface area contributed by atoms with E-state index in [1.165, 1.54) is 73.3 Å². The Morgan fingerprint density at radius 1 is 0.906 bits per heavy atom. The predicted octanol–water partition coefficient (Wildman–Crippen LogP) is 8.26. The lowest BCUT2D eigenvalue weighted by Crippen LogP contribution is -2.13. The van der Waals surface area contributed by atoms with E-state index in [1.54, 1.807) is 0 Å². The van der Waals surface area contributed by atoms with Crippen molar-refractivity contribution in [2.45, 2.75) is 83.5 Å². The van der Waals surface area contributed by atoms with E-state index in [2.05, 4.69) is 62.0 Å². The summed E-state index contributed by atoms with van der Waals surface area (Å²) < 4.78 is 5.01. The van der Waals surface area contributed by atoms with Crippen molar-refractivity contribution >= 4 is 5.97 Å². The van der Waals surface area contributed by atoms with E-state index >= 15 is 0 Å². The summed E-state index contributed by atoms with van der Waals surface area (Å²) >= 11 is 0. The van der Waals surface area contributed by atoms with Gasteiger partial charge in [-0.1, -0.05) is 87.7 Å². The minimum Gasteiger partial charge on any atom is -0.463 e. The van der Waals surface area contributed by atoms with Crippen LogP contribution < -0.4 is 0 Å². The van der Waals surface area contributed by atoms with Crippen LogP contribution in [0.25, 0.3) is 11.1 Å². The maximum atomic E-state index is 11.0. The lowest BCUT2D eigenvalue weighted by Gasteiger charge is -2.28. The van der Waals surface area contributed by atoms with Crippen LogP contribution in [0.1, 0.15) is 88.2 Å². The molecule has 2 heteroatoms. The summed E-state index contributed by atoms with van der Waals surface area (Å²) in [6.07, 6.45) is 14.9. The van der Waals surface area contributed by atoms with Gasteiger partial charge in [-0.25, -0.2) is 4.79 Å². The van der Waals surface area contributed by atoms with Crippen LogP contribution in [0.5, 0.6) is 0 Å². The molecular formula is C30H40O2. The molecule has 2 aromatic rings. The molecule has 0 radical (unpaired) electrons. The first-order chi connectivity index (χ1) is 15.7. The number of carbonyl (C=O) groups excluding carboxylic acids is 1. The molecule has 0 bridgehead atoms. The molecule has 1 saturated carbocycles. The Balaban J connectivity index is 1.40. The van der Waals surface area contributed by atoms with Gasteiger partial charge in [-0.15, -0.1) is 0 Å². The number of hydrogen-bond acceptors (Lipinski definition) is 2. The molecule has 32 heavy (non-hydrogen) atoms. The van der Waals surface area contributed by atoms with Crippen molar-refractivity contribution < 1.29 is 9.53 Å². The van der Waals surface area contributed by atoms with Crippen LogP contribution in [0.15, 0.2) is 61.2 Å². The van der Waals surface area contributed by atoms with Gasteiger partial charge in [0.25, 0.3) is 0 Å². The van der Waals surface area contributed by atoms with Crippen LogP contribution in [0, 0.1) is 5.92 Å². The van der Waals surface area contributed by atoms with Gasteiger partial charge < -0.3 is 4.74 Å². The highest BCUT2D eigenvalue weighted by molar-refractivity contribution is 5.81. The summed E-state index contributed by atoms with van der Waals surface area (Å²) in [5.74, 6) is 1.40. The van der Waals surface area contributed by atoms with Gasteiger partial charge in [0.15, 0.2) is 0 Å². The molecule has 0 atom stereocenters. The third-order valence-electron chi connectivity index (χ3n) is 6.98. The second kappa shape index (κ2) is 13.3. The average molecular weight is 433 g/mol. The highest BCUT2D eigenvalue weighted by Crippen LogP contribution is 2.38. The topological polar surface area (TPSA) is 26.3 Å². The quantitative estimate of drug-likeness (QED) is 0.192. The summed E-state index contributed by atoms with van der Waals surface area (Å²) in [5.41, 5.74) is 5.54. The molecule has 0 spiro atoms. The largest absolute Gasteiger partial charge is 0.463 e. The zero-order chi connectivity index (χ0) is 22.6. The number of rotatable bonds is 12. The minimum absolute atomic E-state index is 0.325. The van der Waals surface area contributed by atoms with Gasteiger partial charge >= 0.3 is 5.97 Å². The van der Waals surface area contributed by atoms with Crippen molar-refractivity contribution in [1.82, 2.24) is 0 Å². The van der Waals surface area contributed by atoms with Crippen molar-refractivity contribution in [2.24, 2.45) is 5.92 Å². The van der Waals surface area contributed by atoms with E-state index < -0.39 is 0 Å². The standard InChI is InChI=1S/C30H40O2/c1-3-9-24-11-15-26(16-12-24)28-19-21-29(22-20-28)27-17-13-25(14-18-27)10-7-5-6-8-23-32-30(31)4-2/h4,13-14,17-22,24,26H,2-3,5-12,15-16,23H2,1H3. The first-order valence-corrected chi connectivity index (χ1v) is 12.7. The molecule has 1 fully saturated rings. The van der Waals surface area contributed by atoms with Crippen molar-refractivity contribution in [3.8, 4) is 11.1 Å². The van der Waals surface area contributed by atoms with Crippen LogP contribution in [0.4, 0.5) is 0 Å². The number of benzene rings is 2. The Morgan fingerprint density at radius 3 is 2.16 bits per heavy atom. The maximum absolute atomic E-state index is 11.0. The molecule has 1 aliphatic rings. The zero-order valence-corrected chi connectivity index (χ0v) is 19.9. The predicted molar refractivity (Wildman–Crippen MR) is 135 cm³/mol. The Kier molecular flexibility index (Phi) is 10.1. The molecule has 0 N–H and O–H groups in total. The van der Waals surface area contributed by atoms with Gasteiger partial charge in [0.1, 0.15) is 0 Å². The lowest BCUT2D eigenvalue weighted by atomic mass is 9.77. The van der Waals surface area contributed by atoms with E-state index in [9.17, 15) is 4.79 Å². The second-order valence-electron chi connectivity index (χ2n) is 9.36. The first kappa shape index (κ1) is 24.3. The molecule has 1 aliphatic carbocycles. The van der Waals surface area contributed by atoms with Crippen LogP contribution in [-0.2, 0) is 16.0 Å². The number of aryl methyl sites for hydroxylation is 1.